The Hall–Kier alpha value is -0.400. The van der Waals surface area contributed by atoms with Gasteiger partial charge in [0.2, 0.25) is 0 Å². The largest absolute Gasteiger partial charge is 0.306 e. The lowest BCUT2D eigenvalue weighted by atomic mass is 9.69. The highest BCUT2D eigenvalue weighted by Gasteiger charge is 2.46. The first kappa shape index (κ1) is 80.6. The molecular weight excluding hydrogens is 1120 g/mol. The van der Waals surface area contributed by atoms with Gasteiger partial charge in [0, 0.05) is 59.4 Å². The molecule has 18 aliphatic rings. The van der Waals surface area contributed by atoms with Crippen molar-refractivity contribution >= 4 is 0 Å². The summed E-state index contributed by atoms with van der Waals surface area (Å²) >= 11 is 0. The average Bonchev–Trinajstić information content (AvgIpc) is 1.48. The molecule has 18 aliphatic heterocycles. The van der Waals surface area contributed by atoms with Crippen molar-refractivity contribution < 1.29 is 0 Å². The highest BCUT2D eigenvalue weighted by Crippen LogP contribution is 2.44. The summed E-state index contributed by atoms with van der Waals surface area (Å²) in [6.07, 6.45) is 32.7. The highest BCUT2D eigenvalue weighted by molar-refractivity contribution is 5.01. The predicted octanol–water partition coefficient (Wildman–Crippen LogP) is 17.1. The lowest BCUT2D eigenvalue weighted by Crippen LogP contribution is -2.54. The number of rotatable bonds is 0. The van der Waals surface area contributed by atoms with Gasteiger partial charge in [-0.2, -0.15) is 0 Å². The number of nitrogens with zero attached hydrogens (tertiary/aromatic N) is 10. The van der Waals surface area contributed by atoms with Crippen LogP contribution in [0.1, 0.15) is 286 Å². The molecule has 10 bridgehead atoms. The smallest absolute Gasteiger partial charge is 0.0182 e. The molecule has 0 aromatic rings. The minimum absolute atomic E-state index is 0.470. The summed E-state index contributed by atoms with van der Waals surface area (Å²) in [6.45, 7) is 72.5. The maximum Gasteiger partial charge on any atom is 0.0182 e. The van der Waals surface area contributed by atoms with Gasteiger partial charge in [0.05, 0.1) is 0 Å². The molecule has 0 radical (unpaired) electrons. The summed E-state index contributed by atoms with van der Waals surface area (Å²) in [5.74, 6) is 5.20. The molecule has 2 atom stereocenters. The third-order valence-electron chi connectivity index (χ3n) is 27.6. The van der Waals surface area contributed by atoms with Gasteiger partial charge >= 0.3 is 0 Å². The van der Waals surface area contributed by atoms with Crippen LogP contribution in [0.2, 0.25) is 0 Å². The number of hydrogen-bond donors (Lipinski definition) is 0. The molecule has 0 saturated carbocycles. The van der Waals surface area contributed by atoms with E-state index in [2.05, 4.69) is 223 Å². The summed E-state index contributed by atoms with van der Waals surface area (Å²) in [5, 5.41) is 0. The molecule has 18 saturated heterocycles. The van der Waals surface area contributed by atoms with Gasteiger partial charge < -0.3 is 29.4 Å². The van der Waals surface area contributed by atoms with Crippen molar-refractivity contribution in [2.45, 2.75) is 319 Å². The molecule has 542 valence electrons. The standard InChI is InChI=1S/C10H19N.2C9H17N.2C8H15N.3C8H17N.2C7H15N/c1-10(2)6-3-9-4-7-11(10)8-5-9;1-9(2)7-10-5-3-8(9)4-6-10;1-9(2)7-8-3-5-10(9)6-4-8;1-8(2)7-3-5-9(8)6-4-7;1-8(2)5-7-3-4-9(8)6-7;1-8(2)4-6-9(3)7-5-8;1-8(2)5-4-6-9(3)7-8;1-8(2)6-4-5-7-9(8)3;1-7(2)4-5-8(3)6-7;1-7(2)5-4-6-8(7)3/h9H,3-8H2,1-2H3;2*8H,3-7H2,1-2H3;2*7H,3-6H2,1-2H3;3*4-7H2,1-3H3;2*4-6H2,1-3H3. The summed E-state index contributed by atoms with van der Waals surface area (Å²) in [5.41, 5.74) is 5.50. The Morgan fingerprint density at radius 2 is 0.674 bits per heavy atom. The molecule has 0 aromatic heterocycles. The number of hydrogen-bond acceptors (Lipinski definition) is 10. The van der Waals surface area contributed by atoms with Gasteiger partial charge in [-0.15, -0.1) is 0 Å². The van der Waals surface area contributed by atoms with Gasteiger partial charge in [-0.05, 0) is 409 Å². The second-order valence-electron chi connectivity index (χ2n) is 40.5. The van der Waals surface area contributed by atoms with Crippen LogP contribution in [0, 0.1) is 51.2 Å². The molecule has 0 N–H and O–H groups in total. The Labute approximate surface area is 576 Å². The zero-order valence-electron chi connectivity index (χ0n) is 67.1. The Balaban J connectivity index is 0.000000163. The van der Waals surface area contributed by atoms with Gasteiger partial charge in [-0.3, -0.25) is 19.6 Å². The van der Waals surface area contributed by atoms with E-state index in [0.29, 0.717) is 54.9 Å². The van der Waals surface area contributed by atoms with Crippen LogP contribution in [0.15, 0.2) is 0 Å². The van der Waals surface area contributed by atoms with Crippen molar-refractivity contribution in [2.75, 3.05) is 160 Å². The second-order valence-corrected chi connectivity index (χ2v) is 40.5. The van der Waals surface area contributed by atoms with Gasteiger partial charge in [0.25, 0.3) is 0 Å². The molecule has 10 heteroatoms. The van der Waals surface area contributed by atoms with E-state index in [1.54, 1.807) is 0 Å². The van der Waals surface area contributed by atoms with Crippen LogP contribution in [0.25, 0.3) is 0 Å². The monoisotopic (exact) mass is 1290 g/mol. The van der Waals surface area contributed by atoms with Crippen molar-refractivity contribution in [2.24, 2.45) is 51.2 Å². The van der Waals surface area contributed by atoms with Crippen LogP contribution < -0.4 is 0 Å². The lowest BCUT2D eigenvalue weighted by Gasteiger charge is -2.51. The number of fused-ring (bicyclic) bond motifs is 14. The fourth-order valence-electron chi connectivity index (χ4n) is 19.5. The van der Waals surface area contributed by atoms with E-state index in [-0.39, 0.29) is 0 Å². The molecule has 92 heavy (non-hydrogen) atoms. The van der Waals surface area contributed by atoms with Gasteiger partial charge in [0.15, 0.2) is 0 Å². The lowest BCUT2D eigenvalue weighted by molar-refractivity contribution is -0.00585. The Morgan fingerprint density at radius 3 is 0.935 bits per heavy atom. The molecule has 0 aromatic carbocycles. The van der Waals surface area contributed by atoms with E-state index >= 15 is 0 Å². The molecular formula is C82H164N10. The van der Waals surface area contributed by atoms with Gasteiger partial charge in [0.1, 0.15) is 0 Å². The zero-order valence-corrected chi connectivity index (χ0v) is 67.1. The van der Waals surface area contributed by atoms with Crippen LogP contribution in [0.3, 0.4) is 0 Å². The predicted molar refractivity (Wildman–Crippen MR) is 404 cm³/mol. The van der Waals surface area contributed by atoms with E-state index in [1.165, 1.54) is 272 Å². The van der Waals surface area contributed by atoms with E-state index in [9.17, 15) is 0 Å². The molecule has 0 spiro atoms. The van der Waals surface area contributed by atoms with Crippen LogP contribution in [0.4, 0.5) is 0 Å². The van der Waals surface area contributed by atoms with E-state index < -0.39 is 0 Å². The maximum atomic E-state index is 2.68. The first-order valence-electron chi connectivity index (χ1n) is 39.7. The van der Waals surface area contributed by atoms with Crippen molar-refractivity contribution in [3.05, 3.63) is 0 Å². The van der Waals surface area contributed by atoms with E-state index in [4.69, 9.17) is 0 Å². The Bertz CT molecular complexity index is 2030. The molecule has 0 aliphatic carbocycles. The van der Waals surface area contributed by atoms with Crippen molar-refractivity contribution in [1.82, 2.24) is 49.0 Å². The fraction of sp³-hybridized carbons (Fsp3) is 1.00. The number of likely N-dealkylation sites (tertiary alicyclic amines) is 5. The van der Waals surface area contributed by atoms with Crippen LogP contribution >= 0.6 is 0 Å². The highest BCUT2D eigenvalue weighted by atomic mass is 15.3. The van der Waals surface area contributed by atoms with Crippen molar-refractivity contribution in [1.29, 1.82) is 0 Å². The first-order valence-corrected chi connectivity index (χ1v) is 39.7. The van der Waals surface area contributed by atoms with E-state index in [0.717, 1.165) is 29.6 Å². The summed E-state index contributed by atoms with van der Waals surface area (Å²) < 4.78 is 0. The van der Waals surface area contributed by atoms with Crippen LogP contribution in [-0.2, 0) is 0 Å². The minimum atomic E-state index is 0.470. The third-order valence-corrected chi connectivity index (χ3v) is 27.6. The SMILES string of the molecule is CC1(C)C2CCN1CC2.CC1(C)CC2CCN1C2.CC1(C)CC2CCN1CC2.CC1(C)CCC2CCN1CC2.CC1(C)CN2CCC1CC2.CN1CCC(C)(C)C1.CN1CCC(C)(C)CC1.CN1CCCC(C)(C)C1.CN1CCCC1(C)C.CN1CCCCC1(C)C. The number of piperidine rings is 12. The van der Waals surface area contributed by atoms with Crippen LogP contribution in [-0.4, -0.2) is 242 Å². The normalized spacial score (nSPS) is 36.9. The summed E-state index contributed by atoms with van der Waals surface area (Å²) in [4.78, 5) is 25.3. The minimum Gasteiger partial charge on any atom is -0.306 e. The van der Waals surface area contributed by atoms with Gasteiger partial charge in [-0.1, -0.05) is 61.8 Å². The Kier molecular flexibility index (Phi) is 29.6. The Morgan fingerprint density at radius 1 is 0.261 bits per heavy atom. The first-order chi connectivity index (χ1) is 42.5. The summed E-state index contributed by atoms with van der Waals surface area (Å²) in [6, 6.07) is 0. The zero-order chi connectivity index (χ0) is 68.4. The van der Waals surface area contributed by atoms with Gasteiger partial charge in [-0.25, -0.2) is 0 Å². The van der Waals surface area contributed by atoms with Crippen molar-refractivity contribution in [3.8, 4) is 0 Å². The average molecular weight is 1290 g/mol. The molecule has 0 amide bonds. The maximum absolute atomic E-state index is 2.68. The molecule has 10 nitrogen and oxygen atoms in total. The van der Waals surface area contributed by atoms with Crippen LogP contribution in [0.5, 0.6) is 0 Å². The van der Waals surface area contributed by atoms with E-state index in [1.807, 2.05) is 0 Å². The molecule has 18 rings (SSSR count). The summed E-state index contributed by atoms with van der Waals surface area (Å²) in [7, 11) is 11.0. The molecule has 2 unspecified atom stereocenters. The fourth-order valence-corrected chi connectivity index (χ4v) is 19.5. The quantitative estimate of drug-likeness (QED) is 0.234. The molecule has 18 heterocycles. The second kappa shape index (κ2) is 33.8. The third kappa shape index (κ3) is 25.0. The van der Waals surface area contributed by atoms with Crippen molar-refractivity contribution in [3.63, 3.8) is 0 Å². The topological polar surface area (TPSA) is 32.4 Å². The molecule has 18 fully saturated rings.